The van der Waals surface area contributed by atoms with E-state index in [2.05, 4.69) is 0 Å². The van der Waals surface area contributed by atoms with Gasteiger partial charge in [0.15, 0.2) is 0 Å². The van der Waals surface area contributed by atoms with Gasteiger partial charge in [0.1, 0.15) is 0 Å². The fraction of sp³-hybridized carbons (Fsp3) is 0.400. The molecule has 2 fully saturated rings. The van der Waals surface area contributed by atoms with Crippen molar-refractivity contribution in [2.45, 2.75) is 10.1 Å². The van der Waals surface area contributed by atoms with Crippen molar-refractivity contribution in [1.29, 1.82) is 0 Å². The maximum Gasteiger partial charge on any atom is 0.359 e. The highest BCUT2D eigenvalue weighted by Gasteiger charge is 2.79. The predicted molar refractivity (Wildman–Crippen MR) is 63.7 cm³/mol. The maximum atomic E-state index is 11.9. The van der Waals surface area contributed by atoms with E-state index in [4.69, 9.17) is 70.3 Å². The summed E-state index contributed by atoms with van der Waals surface area (Å²) in [4.78, 5) is 32.6. The molecule has 0 aromatic rings. The van der Waals surface area contributed by atoms with Crippen LogP contribution in [0.5, 0.6) is 0 Å². The molecule has 18 heavy (non-hydrogen) atoms. The lowest BCUT2D eigenvalue weighted by Gasteiger charge is -2.45. The third-order valence-electron chi connectivity index (χ3n) is 2.35. The van der Waals surface area contributed by atoms with Crippen molar-refractivity contribution in [2.75, 3.05) is 0 Å². The number of carbonyl (C=O) groups excluding carboxylic acids is 3. The zero-order valence-corrected chi connectivity index (χ0v) is 12.3. The second kappa shape index (κ2) is 3.97. The number of imide groups is 1. The Morgan fingerprint density at radius 3 is 1.72 bits per heavy atom. The van der Waals surface area contributed by atoms with Gasteiger partial charge in [-0.15, -0.1) is 0 Å². The molecular weight excluding hydrogens is 377 g/mol. The van der Waals surface area contributed by atoms with E-state index in [1.54, 1.807) is 0 Å². The molecule has 7 nitrogen and oxygen atoms in total. The van der Waals surface area contributed by atoms with Crippen molar-refractivity contribution in [2.24, 2.45) is 0 Å². The van der Waals surface area contributed by atoms with E-state index in [9.17, 15) is 14.4 Å². The first-order valence-electron chi connectivity index (χ1n) is 3.96. The first-order chi connectivity index (χ1) is 8.11. The van der Waals surface area contributed by atoms with Crippen molar-refractivity contribution in [3.8, 4) is 0 Å². The number of urea groups is 2. The average Bonchev–Trinajstić information content (AvgIpc) is 2.49. The van der Waals surface area contributed by atoms with Gasteiger partial charge in [-0.25, -0.2) is 9.59 Å². The lowest BCUT2D eigenvalue weighted by atomic mass is 10.2. The molecule has 0 N–H and O–H groups in total. The number of hydrogen-bond donors (Lipinski definition) is 0. The molecule has 0 spiro atoms. The van der Waals surface area contributed by atoms with Gasteiger partial charge < -0.3 is 0 Å². The highest BCUT2D eigenvalue weighted by Crippen LogP contribution is 2.55. The highest BCUT2D eigenvalue weighted by molar-refractivity contribution is 6.55. The summed E-state index contributed by atoms with van der Waals surface area (Å²) < 4.78 is 0.665. The zero-order valence-electron chi connectivity index (χ0n) is 7.78. The van der Waals surface area contributed by atoms with Crippen LogP contribution in [0.1, 0.15) is 0 Å². The molecule has 5 amide bonds. The number of amides is 5. The monoisotopic (exact) mass is 374 g/mol. The van der Waals surface area contributed by atoms with Crippen LogP contribution in [0.2, 0.25) is 0 Å². The number of fused-ring (bicyclic) bond motifs is 1. The molecule has 0 aromatic heterocycles. The normalized spacial score (nSPS) is 36.7. The SMILES string of the molecule is O=C1N(Cl)C(=O)C2(Cl)N(Cl)C(=O)N(Cl)C2(Cl)N1Cl. The van der Waals surface area contributed by atoms with Crippen LogP contribution >= 0.6 is 70.3 Å². The Morgan fingerprint density at radius 2 is 1.22 bits per heavy atom. The third-order valence-corrected chi connectivity index (χ3v) is 5.38. The van der Waals surface area contributed by atoms with Gasteiger partial charge in [-0.1, -0.05) is 23.2 Å². The van der Waals surface area contributed by atoms with Gasteiger partial charge in [0, 0.05) is 47.1 Å². The molecular formula is C5Cl6N4O3. The van der Waals surface area contributed by atoms with E-state index in [0.717, 1.165) is 0 Å². The number of nitrogens with zero attached hydrogens (tertiary/aromatic N) is 4. The Morgan fingerprint density at radius 1 is 0.778 bits per heavy atom. The van der Waals surface area contributed by atoms with Gasteiger partial charge >= 0.3 is 12.1 Å². The molecule has 100 valence electrons. The van der Waals surface area contributed by atoms with Gasteiger partial charge in [0.05, 0.1) is 0 Å². The Kier molecular flexibility index (Phi) is 3.17. The van der Waals surface area contributed by atoms with E-state index in [-0.39, 0.29) is 17.7 Å². The van der Waals surface area contributed by atoms with Gasteiger partial charge in [-0.2, -0.15) is 17.7 Å². The predicted octanol–water partition coefficient (Wildman–Crippen LogP) is 2.43. The summed E-state index contributed by atoms with van der Waals surface area (Å²) in [7, 11) is 0. The van der Waals surface area contributed by atoms with Crippen molar-refractivity contribution in [3.63, 3.8) is 0 Å². The van der Waals surface area contributed by atoms with Gasteiger partial charge in [-0.3, -0.25) is 4.79 Å². The summed E-state index contributed by atoms with van der Waals surface area (Å²) in [6.45, 7) is 0. The maximum absolute atomic E-state index is 11.9. The number of halogens is 6. The summed E-state index contributed by atoms with van der Waals surface area (Å²) in [5.41, 5.74) is 0. The molecule has 13 heteroatoms. The summed E-state index contributed by atoms with van der Waals surface area (Å²) in [5, 5.41) is -2.43. The van der Waals surface area contributed by atoms with Crippen molar-refractivity contribution >= 4 is 88.3 Å². The molecule has 2 aliphatic rings. The van der Waals surface area contributed by atoms with Crippen LogP contribution in [0, 0.1) is 0 Å². The number of rotatable bonds is 0. The van der Waals surface area contributed by atoms with Gasteiger partial charge in [0.25, 0.3) is 16.0 Å². The third kappa shape index (κ3) is 1.27. The van der Waals surface area contributed by atoms with E-state index < -0.39 is 28.1 Å². The standard InChI is InChI=1S/C5Cl6N4O3/c6-4-1(16)12(8)2(17)14(10)5(4,7)15(11)3(18)13(4)9. The first-order valence-corrected chi connectivity index (χ1v) is 6.06. The molecule has 0 aliphatic carbocycles. The second-order valence-electron chi connectivity index (χ2n) is 3.20. The fourth-order valence-corrected chi connectivity index (χ4v) is 3.37. The minimum atomic E-state index is -2.48. The molecule has 0 radical (unpaired) electrons. The largest absolute Gasteiger partial charge is 0.359 e. The molecule has 2 heterocycles. The molecule has 0 aromatic carbocycles. The van der Waals surface area contributed by atoms with Crippen LogP contribution < -0.4 is 0 Å². The number of alkyl halides is 2. The second-order valence-corrected chi connectivity index (χ2v) is 5.63. The summed E-state index contributed by atoms with van der Waals surface area (Å²) >= 11 is 34.0. The minimum Gasteiger partial charge on any atom is -0.268 e. The van der Waals surface area contributed by atoms with E-state index in [0.29, 0.717) is 0 Å². The molecule has 2 aliphatic heterocycles. The fourth-order valence-electron chi connectivity index (χ4n) is 1.44. The molecule has 2 unspecified atom stereocenters. The Balaban J connectivity index is 2.70. The first kappa shape index (κ1) is 14.4. The Bertz CT molecular complexity index is 476. The summed E-state index contributed by atoms with van der Waals surface area (Å²) in [6.07, 6.45) is 0. The smallest absolute Gasteiger partial charge is 0.268 e. The van der Waals surface area contributed by atoms with Crippen molar-refractivity contribution in [1.82, 2.24) is 17.7 Å². The quantitative estimate of drug-likeness (QED) is 0.370. The summed E-state index contributed by atoms with van der Waals surface area (Å²) in [6, 6.07) is -2.39. The van der Waals surface area contributed by atoms with E-state index in [1.807, 2.05) is 0 Å². The highest BCUT2D eigenvalue weighted by atomic mass is 35.5. The van der Waals surface area contributed by atoms with Crippen LogP contribution in [-0.4, -0.2) is 45.8 Å². The minimum absolute atomic E-state index is 0.0410. The molecule has 2 rings (SSSR count). The molecule has 0 bridgehead atoms. The van der Waals surface area contributed by atoms with E-state index >= 15 is 0 Å². The molecule has 2 saturated heterocycles. The van der Waals surface area contributed by atoms with Gasteiger partial charge in [-0.05, 0) is 0 Å². The number of hydrogen-bond acceptors (Lipinski definition) is 3. The Hall–Kier alpha value is -0.0500. The lowest BCUT2D eigenvalue weighted by Crippen LogP contribution is -2.72. The zero-order chi connectivity index (χ0) is 14.0. The topological polar surface area (TPSA) is 64.2 Å². The van der Waals surface area contributed by atoms with Crippen LogP contribution in [0.25, 0.3) is 0 Å². The molecule has 2 atom stereocenters. The van der Waals surface area contributed by atoms with Crippen molar-refractivity contribution in [3.05, 3.63) is 0 Å². The van der Waals surface area contributed by atoms with E-state index in [1.165, 1.54) is 0 Å². The van der Waals surface area contributed by atoms with Crippen LogP contribution in [0.15, 0.2) is 0 Å². The summed E-state index contributed by atoms with van der Waals surface area (Å²) in [5.74, 6) is -1.27. The van der Waals surface area contributed by atoms with Crippen LogP contribution in [0.4, 0.5) is 9.59 Å². The number of carbonyl (C=O) groups is 3. The van der Waals surface area contributed by atoms with Crippen molar-refractivity contribution < 1.29 is 14.4 Å². The lowest BCUT2D eigenvalue weighted by molar-refractivity contribution is -0.134. The van der Waals surface area contributed by atoms with Gasteiger partial charge in [0.2, 0.25) is 0 Å². The van der Waals surface area contributed by atoms with Crippen LogP contribution in [0.3, 0.4) is 0 Å². The Labute approximate surface area is 130 Å². The van der Waals surface area contributed by atoms with Crippen LogP contribution in [-0.2, 0) is 4.79 Å². The molecule has 0 saturated carbocycles. The average molecular weight is 377 g/mol.